The van der Waals surface area contributed by atoms with Crippen LogP contribution in [0.15, 0.2) is 0 Å². The van der Waals surface area contributed by atoms with Gasteiger partial charge in [0.1, 0.15) is 0 Å². The zero-order valence-corrected chi connectivity index (χ0v) is 11.0. The van der Waals surface area contributed by atoms with E-state index in [1.807, 2.05) is 0 Å². The SMILES string of the molecule is CCCC(C)(N)CN1CC(OC)C(OC)C1. The predicted molar refractivity (Wildman–Crippen MR) is 65.5 cm³/mol. The minimum Gasteiger partial charge on any atom is -0.377 e. The Morgan fingerprint density at radius 2 is 1.75 bits per heavy atom. The number of nitrogens with two attached hydrogens (primary N) is 1. The van der Waals surface area contributed by atoms with Crippen molar-refractivity contribution < 1.29 is 9.47 Å². The number of nitrogens with zero attached hydrogens (tertiary/aromatic N) is 1. The number of likely N-dealkylation sites (tertiary alicyclic amines) is 1. The second-order valence-corrected chi connectivity index (χ2v) is 5.15. The fraction of sp³-hybridized carbons (Fsp3) is 1.00. The van der Waals surface area contributed by atoms with E-state index in [0.29, 0.717) is 0 Å². The number of methoxy groups -OCH3 is 2. The van der Waals surface area contributed by atoms with Crippen LogP contribution in [0.1, 0.15) is 26.7 Å². The molecule has 0 aromatic rings. The van der Waals surface area contributed by atoms with Crippen LogP contribution in [-0.4, -0.2) is 56.5 Å². The average Bonchev–Trinajstić information content (AvgIpc) is 2.59. The first-order chi connectivity index (χ1) is 7.52. The molecule has 2 N–H and O–H groups in total. The van der Waals surface area contributed by atoms with Crippen LogP contribution in [0.4, 0.5) is 0 Å². The summed E-state index contributed by atoms with van der Waals surface area (Å²) in [7, 11) is 3.49. The molecule has 1 fully saturated rings. The van der Waals surface area contributed by atoms with Crippen molar-refractivity contribution in [3.05, 3.63) is 0 Å². The molecule has 3 atom stereocenters. The fourth-order valence-electron chi connectivity index (χ4n) is 2.56. The van der Waals surface area contributed by atoms with Crippen LogP contribution >= 0.6 is 0 Å². The lowest BCUT2D eigenvalue weighted by Gasteiger charge is -2.29. The van der Waals surface area contributed by atoms with Gasteiger partial charge in [-0.25, -0.2) is 0 Å². The van der Waals surface area contributed by atoms with Crippen molar-refractivity contribution in [2.75, 3.05) is 33.9 Å². The molecule has 96 valence electrons. The maximum Gasteiger partial charge on any atom is 0.0971 e. The van der Waals surface area contributed by atoms with Crippen LogP contribution in [0.2, 0.25) is 0 Å². The average molecular weight is 230 g/mol. The summed E-state index contributed by atoms with van der Waals surface area (Å²) in [6.07, 6.45) is 2.55. The number of hydrogen-bond donors (Lipinski definition) is 1. The standard InChI is InChI=1S/C12H26N2O2/c1-5-6-12(2,13)9-14-7-10(15-3)11(8-14)16-4/h10-11H,5-9,13H2,1-4H3. The maximum absolute atomic E-state index is 6.26. The van der Waals surface area contributed by atoms with Gasteiger partial charge >= 0.3 is 0 Å². The highest BCUT2D eigenvalue weighted by molar-refractivity contribution is 4.91. The molecule has 4 heteroatoms. The molecule has 4 nitrogen and oxygen atoms in total. The molecular formula is C12H26N2O2. The van der Waals surface area contributed by atoms with Crippen molar-refractivity contribution in [1.29, 1.82) is 0 Å². The Morgan fingerprint density at radius 1 is 1.25 bits per heavy atom. The molecule has 3 unspecified atom stereocenters. The molecule has 1 aliphatic heterocycles. The Balaban J connectivity index is 2.45. The third-order valence-corrected chi connectivity index (χ3v) is 3.30. The number of ether oxygens (including phenoxy) is 2. The van der Waals surface area contributed by atoms with E-state index in [-0.39, 0.29) is 17.7 Å². The van der Waals surface area contributed by atoms with Crippen LogP contribution in [-0.2, 0) is 9.47 Å². The highest BCUT2D eigenvalue weighted by Crippen LogP contribution is 2.19. The van der Waals surface area contributed by atoms with Crippen LogP contribution < -0.4 is 5.73 Å². The van der Waals surface area contributed by atoms with E-state index in [1.165, 1.54) is 0 Å². The molecule has 0 saturated carbocycles. The Labute approximate surface area is 99.1 Å². The van der Waals surface area contributed by atoms with Gasteiger partial charge in [0.2, 0.25) is 0 Å². The monoisotopic (exact) mass is 230 g/mol. The van der Waals surface area contributed by atoms with Gasteiger partial charge in [-0.15, -0.1) is 0 Å². The second kappa shape index (κ2) is 5.96. The molecule has 1 rings (SSSR count). The van der Waals surface area contributed by atoms with E-state index in [9.17, 15) is 0 Å². The summed E-state index contributed by atoms with van der Waals surface area (Å²) < 4.78 is 10.8. The second-order valence-electron chi connectivity index (χ2n) is 5.15. The first-order valence-electron chi connectivity index (χ1n) is 6.09. The molecule has 0 aromatic heterocycles. The van der Waals surface area contributed by atoms with E-state index in [0.717, 1.165) is 32.5 Å². The van der Waals surface area contributed by atoms with Crippen LogP contribution in [0.5, 0.6) is 0 Å². The predicted octanol–water partition coefficient (Wildman–Crippen LogP) is 0.850. The lowest BCUT2D eigenvalue weighted by atomic mass is 9.97. The lowest BCUT2D eigenvalue weighted by Crippen LogP contribution is -2.47. The van der Waals surface area contributed by atoms with Gasteiger partial charge in [0.05, 0.1) is 12.2 Å². The van der Waals surface area contributed by atoms with Crippen molar-refractivity contribution in [2.24, 2.45) is 5.73 Å². The minimum atomic E-state index is -0.102. The van der Waals surface area contributed by atoms with Crippen molar-refractivity contribution in [2.45, 2.75) is 44.4 Å². The van der Waals surface area contributed by atoms with Crippen molar-refractivity contribution in [3.8, 4) is 0 Å². The highest BCUT2D eigenvalue weighted by Gasteiger charge is 2.35. The maximum atomic E-state index is 6.26. The molecule has 0 radical (unpaired) electrons. The van der Waals surface area contributed by atoms with E-state index >= 15 is 0 Å². The summed E-state index contributed by atoms with van der Waals surface area (Å²) >= 11 is 0. The first-order valence-corrected chi connectivity index (χ1v) is 6.09. The Bertz CT molecular complexity index is 197. The zero-order valence-electron chi connectivity index (χ0n) is 11.0. The summed E-state index contributed by atoms with van der Waals surface area (Å²) in [5.74, 6) is 0. The van der Waals surface area contributed by atoms with E-state index in [4.69, 9.17) is 15.2 Å². The largest absolute Gasteiger partial charge is 0.377 e. The quantitative estimate of drug-likeness (QED) is 0.735. The van der Waals surface area contributed by atoms with Crippen molar-refractivity contribution in [3.63, 3.8) is 0 Å². The normalized spacial score (nSPS) is 30.6. The molecule has 0 amide bonds. The molecular weight excluding hydrogens is 204 g/mol. The topological polar surface area (TPSA) is 47.7 Å². The van der Waals surface area contributed by atoms with Crippen molar-refractivity contribution in [1.82, 2.24) is 4.90 Å². The van der Waals surface area contributed by atoms with Crippen LogP contribution in [0.3, 0.4) is 0 Å². The van der Waals surface area contributed by atoms with Crippen LogP contribution in [0, 0.1) is 0 Å². The fourth-order valence-corrected chi connectivity index (χ4v) is 2.56. The van der Waals surface area contributed by atoms with Gasteiger partial charge in [-0.05, 0) is 13.3 Å². The van der Waals surface area contributed by atoms with E-state index in [2.05, 4.69) is 18.7 Å². The summed E-state index contributed by atoms with van der Waals surface area (Å²) in [6.45, 7) is 7.06. The molecule has 1 heterocycles. The van der Waals surface area contributed by atoms with Gasteiger partial charge in [-0.1, -0.05) is 13.3 Å². The minimum absolute atomic E-state index is 0.102. The van der Waals surface area contributed by atoms with Gasteiger partial charge in [0, 0.05) is 39.4 Å². The molecule has 0 aromatic carbocycles. The first kappa shape index (κ1) is 13.9. The Morgan fingerprint density at radius 3 is 2.12 bits per heavy atom. The summed E-state index contributed by atoms with van der Waals surface area (Å²) in [4.78, 5) is 2.35. The van der Waals surface area contributed by atoms with Crippen molar-refractivity contribution >= 4 is 0 Å². The Kier molecular flexibility index (Phi) is 5.18. The van der Waals surface area contributed by atoms with Gasteiger partial charge in [0.25, 0.3) is 0 Å². The third-order valence-electron chi connectivity index (χ3n) is 3.30. The Hall–Kier alpha value is -0.160. The van der Waals surface area contributed by atoms with Gasteiger partial charge in [-0.2, -0.15) is 0 Å². The molecule has 1 saturated heterocycles. The van der Waals surface area contributed by atoms with E-state index in [1.54, 1.807) is 14.2 Å². The van der Waals surface area contributed by atoms with Gasteiger partial charge in [0.15, 0.2) is 0 Å². The lowest BCUT2D eigenvalue weighted by molar-refractivity contribution is -0.00461. The van der Waals surface area contributed by atoms with Gasteiger partial charge in [-0.3, -0.25) is 4.90 Å². The van der Waals surface area contributed by atoms with E-state index < -0.39 is 0 Å². The number of rotatable bonds is 6. The number of hydrogen-bond acceptors (Lipinski definition) is 4. The summed E-state index contributed by atoms with van der Waals surface area (Å²) in [5, 5.41) is 0. The highest BCUT2D eigenvalue weighted by atomic mass is 16.5. The summed E-state index contributed by atoms with van der Waals surface area (Å²) in [5.41, 5.74) is 6.16. The molecule has 1 aliphatic rings. The molecule has 0 bridgehead atoms. The molecule has 16 heavy (non-hydrogen) atoms. The van der Waals surface area contributed by atoms with Gasteiger partial charge < -0.3 is 15.2 Å². The smallest absolute Gasteiger partial charge is 0.0971 e. The van der Waals surface area contributed by atoms with Crippen LogP contribution in [0.25, 0.3) is 0 Å². The third kappa shape index (κ3) is 3.70. The summed E-state index contributed by atoms with van der Waals surface area (Å²) in [6, 6.07) is 0. The molecule has 0 spiro atoms. The zero-order chi connectivity index (χ0) is 12.2. The molecule has 0 aliphatic carbocycles.